The molecule has 6 rings (SSSR count). The van der Waals surface area contributed by atoms with Crippen LogP contribution in [0, 0.1) is 0 Å². The van der Waals surface area contributed by atoms with Crippen LogP contribution >= 0.6 is 0 Å². The SMILES string of the molecule is O=C(NCc1ccc2ccccc2c1)C1CNCC2C(=O)OC(c3ccccc3)(c3ccccc3)N12. The number of fused-ring (bicyclic) bond motifs is 2. The molecule has 6 heteroatoms. The fourth-order valence-corrected chi connectivity index (χ4v) is 5.46. The van der Waals surface area contributed by atoms with Gasteiger partial charge in [-0.3, -0.25) is 9.59 Å². The third kappa shape index (κ3) is 3.75. The van der Waals surface area contributed by atoms with Crippen molar-refractivity contribution in [1.82, 2.24) is 15.5 Å². The predicted molar refractivity (Wildman–Crippen MR) is 138 cm³/mol. The third-order valence-electron chi connectivity index (χ3n) is 7.14. The summed E-state index contributed by atoms with van der Waals surface area (Å²) in [5.74, 6) is -0.475. The van der Waals surface area contributed by atoms with Crippen molar-refractivity contribution in [3.63, 3.8) is 0 Å². The largest absolute Gasteiger partial charge is 0.434 e. The van der Waals surface area contributed by atoms with E-state index < -0.39 is 17.8 Å². The van der Waals surface area contributed by atoms with Gasteiger partial charge in [-0.25, -0.2) is 4.90 Å². The number of carbonyl (C=O) groups is 2. The van der Waals surface area contributed by atoms with Crippen molar-refractivity contribution >= 4 is 22.6 Å². The van der Waals surface area contributed by atoms with Crippen molar-refractivity contribution in [2.24, 2.45) is 0 Å². The summed E-state index contributed by atoms with van der Waals surface area (Å²) in [5.41, 5.74) is 1.48. The molecule has 2 aliphatic heterocycles. The van der Waals surface area contributed by atoms with Crippen molar-refractivity contribution in [2.45, 2.75) is 24.4 Å². The average Bonchev–Trinajstić information content (AvgIpc) is 3.26. The summed E-state index contributed by atoms with van der Waals surface area (Å²) in [6, 6.07) is 32.6. The smallest absolute Gasteiger partial charge is 0.327 e. The molecule has 2 heterocycles. The molecule has 4 aromatic carbocycles. The second kappa shape index (κ2) is 9.22. The lowest BCUT2D eigenvalue weighted by atomic mass is 9.90. The zero-order valence-corrected chi connectivity index (χ0v) is 19.8. The van der Waals surface area contributed by atoms with Gasteiger partial charge < -0.3 is 15.4 Å². The number of nitrogens with one attached hydrogen (secondary N) is 2. The van der Waals surface area contributed by atoms with Gasteiger partial charge in [0.05, 0.1) is 0 Å². The zero-order valence-electron chi connectivity index (χ0n) is 19.8. The van der Waals surface area contributed by atoms with E-state index >= 15 is 0 Å². The van der Waals surface area contributed by atoms with Gasteiger partial charge in [0, 0.05) is 30.8 Å². The maximum Gasteiger partial charge on any atom is 0.327 e. The van der Waals surface area contributed by atoms with E-state index in [9.17, 15) is 9.59 Å². The van der Waals surface area contributed by atoms with Crippen LogP contribution in [0.2, 0.25) is 0 Å². The van der Waals surface area contributed by atoms with E-state index in [4.69, 9.17) is 4.74 Å². The summed E-state index contributed by atoms with van der Waals surface area (Å²) in [6.07, 6.45) is 0. The Labute approximate surface area is 209 Å². The number of hydrogen-bond acceptors (Lipinski definition) is 5. The monoisotopic (exact) mass is 477 g/mol. The number of rotatable bonds is 5. The molecule has 0 bridgehead atoms. The van der Waals surface area contributed by atoms with Gasteiger partial charge in [-0.1, -0.05) is 97.1 Å². The zero-order chi connectivity index (χ0) is 24.5. The van der Waals surface area contributed by atoms with Gasteiger partial charge >= 0.3 is 5.97 Å². The highest BCUT2D eigenvalue weighted by molar-refractivity contribution is 5.87. The Morgan fingerprint density at radius 3 is 2.19 bits per heavy atom. The van der Waals surface area contributed by atoms with Crippen molar-refractivity contribution in [3.05, 3.63) is 120 Å². The molecule has 0 spiro atoms. The van der Waals surface area contributed by atoms with E-state index in [0.29, 0.717) is 19.6 Å². The summed E-state index contributed by atoms with van der Waals surface area (Å²) < 4.78 is 6.23. The van der Waals surface area contributed by atoms with Crippen LogP contribution in [-0.4, -0.2) is 41.9 Å². The molecule has 0 aromatic heterocycles. The minimum absolute atomic E-state index is 0.144. The standard InChI is InChI=1S/C30H27N3O3/c34-28(32-18-21-15-16-22-9-7-8-10-23(22)17-21)26-19-31-20-27-29(35)36-30(33(26)27,24-11-3-1-4-12-24)25-13-5-2-6-14-25/h1-17,26-27,31H,18-20H2,(H,32,34). The quantitative estimate of drug-likeness (QED) is 0.430. The molecular formula is C30H27N3O3. The van der Waals surface area contributed by atoms with E-state index in [1.54, 1.807) is 0 Å². The predicted octanol–water partition coefficient (Wildman–Crippen LogP) is 3.56. The third-order valence-corrected chi connectivity index (χ3v) is 7.14. The van der Waals surface area contributed by atoms with Gasteiger partial charge in [0.2, 0.25) is 11.6 Å². The van der Waals surface area contributed by atoms with Gasteiger partial charge in [-0.05, 0) is 22.4 Å². The Hall–Kier alpha value is -4.00. The Morgan fingerprint density at radius 1 is 0.861 bits per heavy atom. The van der Waals surface area contributed by atoms with Crippen LogP contribution < -0.4 is 10.6 Å². The molecule has 6 nitrogen and oxygen atoms in total. The van der Waals surface area contributed by atoms with E-state index in [-0.39, 0.29) is 11.9 Å². The average molecular weight is 478 g/mol. The Kier molecular flexibility index (Phi) is 5.76. The maximum atomic E-state index is 13.7. The van der Waals surface area contributed by atoms with Crippen molar-refractivity contribution in [1.29, 1.82) is 0 Å². The van der Waals surface area contributed by atoms with Crippen LogP contribution in [0.4, 0.5) is 0 Å². The molecule has 2 atom stereocenters. The van der Waals surface area contributed by atoms with Crippen molar-refractivity contribution < 1.29 is 14.3 Å². The van der Waals surface area contributed by atoms with Crippen LogP contribution in [0.1, 0.15) is 16.7 Å². The van der Waals surface area contributed by atoms with E-state index in [1.165, 1.54) is 0 Å². The number of amides is 1. The van der Waals surface area contributed by atoms with Crippen LogP contribution in [0.5, 0.6) is 0 Å². The molecule has 2 fully saturated rings. The fourth-order valence-electron chi connectivity index (χ4n) is 5.46. The van der Waals surface area contributed by atoms with Crippen LogP contribution in [0.15, 0.2) is 103 Å². The van der Waals surface area contributed by atoms with Gasteiger partial charge in [0.15, 0.2) is 0 Å². The number of nitrogens with zero attached hydrogens (tertiary/aromatic N) is 1. The lowest BCUT2D eigenvalue weighted by Gasteiger charge is -2.44. The summed E-state index contributed by atoms with van der Waals surface area (Å²) in [4.78, 5) is 28.8. The summed E-state index contributed by atoms with van der Waals surface area (Å²) in [7, 11) is 0. The molecule has 36 heavy (non-hydrogen) atoms. The molecule has 0 saturated carbocycles. The first-order chi connectivity index (χ1) is 17.7. The first-order valence-electron chi connectivity index (χ1n) is 12.3. The lowest BCUT2D eigenvalue weighted by molar-refractivity contribution is -0.153. The molecule has 0 radical (unpaired) electrons. The Bertz CT molecular complexity index is 1370. The van der Waals surface area contributed by atoms with Gasteiger partial charge in [-0.2, -0.15) is 0 Å². The van der Waals surface area contributed by atoms with Crippen molar-refractivity contribution in [3.8, 4) is 0 Å². The normalized spacial score (nSPS) is 21.1. The molecule has 2 aliphatic rings. The number of hydrogen-bond donors (Lipinski definition) is 2. The van der Waals surface area contributed by atoms with E-state index in [1.807, 2.05) is 83.8 Å². The Morgan fingerprint density at radius 2 is 1.50 bits per heavy atom. The number of cyclic esters (lactones) is 1. The minimum atomic E-state index is -1.18. The summed E-state index contributed by atoms with van der Waals surface area (Å²) in [6.45, 7) is 1.24. The molecule has 2 saturated heterocycles. The second-order valence-electron chi connectivity index (χ2n) is 9.29. The second-order valence-corrected chi connectivity index (χ2v) is 9.29. The first-order valence-corrected chi connectivity index (χ1v) is 12.3. The Balaban J connectivity index is 1.35. The molecular weight excluding hydrogens is 450 g/mol. The first kappa shape index (κ1) is 22.5. The van der Waals surface area contributed by atoms with Crippen LogP contribution in [-0.2, 0) is 26.6 Å². The van der Waals surface area contributed by atoms with E-state index in [2.05, 4.69) is 34.9 Å². The highest BCUT2D eigenvalue weighted by atomic mass is 16.6. The van der Waals surface area contributed by atoms with Crippen LogP contribution in [0.25, 0.3) is 10.8 Å². The van der Waals surface area contributed by atoms with Gasteiger partial charge in [0.1, 0.15) is 12.1 Å². The van der Waals surface area contributed by atoms with E-state index in [0.717, 1.165) is 27.5 Å². The van der Waals surface area contributed by atoms with Gasteiger partial charge in [-0.15, -0.1) is 0 Å². The molecule has 0 aliphatic carbocycles. The number of piperazine rings is 1. The van der Waals surface area contributed by atoms with Crippen LogP contribution in [0.3, 0.4) is 0 Å². The minimum Gasteiger partial charge on any atom is -0.434 e. The topological polar surface area (TPSA) is 70.7 Å². The number of carbonyl (C=O) groups excluding carboxylic acids is 2. The number of esters is 1. The molecule has 2 N–H and O–H groups in total. The highest BCUT2D eigenvalue weighted by Crippen LogP contribution is 2.45. The number of ether oxygens (including phenoxy) is 1. The molecule has 4 aromatic rings. The van der Waals surface area contributed by atoms with Crippen molar-refractivity contribution in [2.75, 3.05) is 13.1 Å². The van der Waals surface area contributed by atoms with Gasteiger partial charge in [0.25, 0.3) is 0 Å². The maximum absolute atomic E-state index is 13.7. The highest BCUT2D eigenvalue weighted by Gasteiger charge is 2.60. The molecule has 1 amide bonds. The summed E-state index contributed by atoms with van der Waals surface area (Å²) >= 11 is 0. The molecule has 2 unspecified atom stereocenters. The summed E-state index contributed by atoms with van der Waals surface area (Å²) in [5, 5.41) is 8.69. The number of benzene rings is 4. The molecule has 180 valence electrons. The lowest BCUT2D eigenvalue weighted by Crippen LogP contribution is -2.65. The fraction of sp³-hybridized carbons (Fsp3) is 0.200.